The highest BCUT2D eigenvalue weighted by Crippen LogP contribution is 2.36. The van der Waals surface area contributed by atoms with Crippen LogP contribution in [0.2, 0.25) is 0 Å². The average molecular weight is 425 g/mol. The molecule has 7 nitrogen and oxygen atoms in total. The van der Waals surface area contributed by atoms with Crippen LogP contribution in [0.5, 0.6) is 5.75 Å². The summed E-state index contributed by atoms with van der Waals surface area (Å²) in [5.74, 6) is 1.29. The Labute approximate surface area is 185 Å². The fraction of sp³-hybridized carbons (Fsp3) is 0.200. The number of likely N-dealkylation sites (tertiary alicyclic amines) is 1. The van der Waals surface area contributed by atoms with Crippen LogP contribution < -0.4 is 4.74 Å². The van der Waals surface area contributed by atoms with E-state index in [2.05, 4.69) is 21.5 Å². The number of amides is 1. The van der Waals surface area contributed by atoms with Gasteiger partial charge in [-0.15, -0.1) is 0 Å². The Morgan fingerprint density at radius 1 is 1.16 bits per heavy atom. The number of nitrogens with zero attached hydrogens (tertiary/aromatic N) is 4. The second kappa shape index (κ2) is 7.92. The number of benzene rings is 2. The topological polar surface area (TPSA) is 84.0 Å². The zero-order valence-corrected chi connectivity index (χ0v) is 18.0. The maximum atomic E-state index is 13.7. The lowest BCUT2D eigenvalue weighted by Gasteiger charge is -2.23. The van der Waals surface area contributed by atoms with E-state index < -0.39 is 0 Å². The van der Waals surface area contributed by atoms with E-state index >= 15 is 0 Å². The molecule has 0 bridgehead atoms. The molecule has 0 aliphatic carbocycles. The monoisotopic (exact) mass is 425 g/mol. The van der Waals surface area contributed by atoms with Crippen molar-refractivity contribution in [3.63, 3.8) is 0 Å². The minimum absolute atomic E-state index is 0.185. The van der Waals surface area contributed by atoms with Gasteiger partial charge in [-0.05, 0) is 25.5 Å². The Morgan fingerprint density at radius 2 is 1.94 bits per heavy atom. The van der Waals surface area contributed by atoms with Gasteiger partial charge in [-0.25, -0.2) is 9.97 Å². The van der Waals surface area contributed by atoms with Gasteiger partial charge in [0.2, 0.25) is 0 Å². The highest BCUT2D eigenvalue weighted by atomic mass is 16.5. The molecule has 0 spiro atoms. The third kappa shape index (κ3) is 3.51. The number of H-pyrrole nitrogens is 1. The third-order valence-corrected chi connectivity index (χ3v) is 5.76. The fourth-order valence-corrected chi connectivity index (χ4v) is 4.10. The van der Waals surface area contributed by atoms with Crippen molar-refractivity contribution in [2.45, 2.75) is 19.4 Å². The molecule has 1 aliphatic heterocycles. The number of carbonyl (C=O) groups is 1. The predicted molar refractivity (Wildman–Crippen MR) is 122 cm³/mol. The van der Waals surface area contributed by atoms with Gasteiger partial charge in [-0.1, -0.05) is 42.0 Å². The Bertz CT molecular complexity index is 1330. The second-order valence-electron chi connectivity index (χ2n) is 8.03. The van der Waals surface area contributed by atoms with E-state index in [1.54, 1.807) is 24.4 Å². The van der Waals surface area contributed by atoms with Crippen LogP contribution in [-0.4, -0.2) is 44.4 Å². The lowest BCUT2D eigenvalue weighted by atomic mass is 10.1. The zero-order chi connectivity index (χ0) is 22.2. The summed E-state index contributed by atoms with van der Waals surface area (Å²) in [6.07, 6.45) is 3.81. The number of ether oxygens (including phenoxy) is 1. The first-order valence-electron chi connectivity index (χ1n) is 10.4. The highest BCUT2D eigenvalue weighted by Gasteiger charge is 2.36. The van der Waals surface area contributed by atoms with Gasteiger partial charge in [0.1, 0.15) is 17.3 Å². The van der Waals surface area contributed by atoms with Crippen molar-refractivity contribution >= 4 is 16.9 Å². The molecule has 160 valence electrons. The molecule has 0 unspecified atom stereocenters. The van der Waals surface area contributed by atoms with Gasteiger partial charge in [0.15, 0.2) is 5.69 Å². The molecule has 1 aliphatic rings. The Balaban J connectivity index is 1.52. The maximum Gasteiger partial charge on any atom is 0.275 e. The number of hydrogen-bond donors (Lipinski definition) is 1. The highest BCUT2D eigenvalue weighted by molar-refractivity contribution is 5.98. The standard InChI is InChI=1S/C25H23N5O2/c1-15-4-6-17(7-5-15)22-23(27-11-10-26-22)25(31)30-14-16(2)12-21(30)24-28-19-9-8-18(32-3)13-20(19)29-24/h4-11,13,21H,2,12,14H2,1,3H3,(H,28,29)/t21-/m0/s1. The van der Waals surface area contributed by atoms with Crippen LogP contribution in [0.15, 0.2) is 67.0 Å². The fourth-order valence-electron chi connectivity index (χ4n) is 4.10. The smallest absolute Gasteiger partial charge is 0.275 e. The van der Waals surface area contributed by atoms with Crippen molar-refractivity contribution in [3.8, 4) is 17.0 Å². The van der Waals surface area contributed by atoms with Gasteiger partial charge in [-0.2, -0.15) is 0 Å². The molecule has 1 amide bonds. The molecule has 5 rings (SSSR count). The number of imidazole rings is 1. The first-order chi connectivity index (χ1) is 15.5. The number of rotatable bonds is 4. The molecule has 0 saturated carbocycles. The Morgan fingerprint density at radius 3 is 2.72 bits per heavy atom. The minimum Gasteiger partial charge on any atom is -0.497 e. The van der Waals surface area contributed by atoms with Crippen LogP contribution in [0, 0.1) is 6.92 Å². The van der Waals surface area contributed by atoms with Crippen LogP contribution in [0.25, 0.3) is 22.3 Å². The summed E-state index contributed by atoms with van der Waals surface area (Å²) in [5.41, 5.74) is 5.56. The molecular formula is C25H23N5O2. The first-order valence-corrected chi connectivity index (χ1v) is 10.4. The van der Waals surface area contributed by atoms with Gasteiger partial charge in [0.25, 0.3) is 5.91 Å². The second-order valence-corrected chi connectivity index (χ2v) is 8.03. The van der Waals surface area contributed by atoms with E-state index in [4.69, 9.17) is 9.72 Å². The van der Waals surface area contributed by atoms with Crippen molar-refractivity contribution in [3.05, 3.63) is 84.1 Å². The van der Waals surface area contributed by atoms with Gasteiger partial charge in [-0.3, -0.25) is 9.78 Å². The molecule has 32 heavy (non-hydrogen) atoms. The Kier molecular flexibility index (Phi) is 4.93. The number of hydrogen-bond acceptors (Lipinski definition) is 5. The van der Waals surface area contributed by atoms with E-state index in [0.29, 0.717) is 24.4 Å². The lowest BCUT2D eigenvalue weighted by molar-refractivity contribution is 0.0727. The number of carbonyl (C=O) groups excluding carboxylic acids is 1. The third-order valence-electron chi connectivity index (χ3n) is 5.76. The summed E-state index contributed by atoms with van der Waals surface area (Å²) >= 11 is 0. The van der Waals surface area contributed by atoms with E-state index in [-0.39, 0.29) is 11.9 Å². The van der Waals surface area contributed by atoms with Crippen molar-refractivity contribution < 1.29 is 9.53 Å². The van der Waals surface area contributed by atoms with Crippen molar-refractivity contribution in [1.29, 1.82) is 0 Å². The SMILES string of the molecule is C=C1C[C@@H](c2nc3ccc(OC)cc3[nH]2)N(C(=O)c2nccnc2-c2ccc(C)cc2)C1. The number of nitrogens with one attached hydrogen (secondary N) is 1. The van der Waals surface area contributed by atoms with E-state index in [9.17, 15) is 4.79 Å². The summed E-state index contributed by atoms with van der Waals surface area (Å²) < 4.78 is 5.31. The van der Waals surface area contributed by atoms with Crippen LogP contribution in [0.4, 0.5) is 0 Å². The molecule has 1 fully saturated rings. The molecule has 3 heterocycles. The molecular weight excluding hydrogens is 402 g/mol. The molecule has 2 aromatic carbocycles. The quantitative estimate of drug-likeness (QED) is 0.488. The molecule has 2 aromatic heterocycles. The van der Waals surface area contributed by atoms with E-state index in [0.717, 1.165) is 39.3 Å². The zero-order valence-electron chi connectivity index (χ0n) is 18.0. The van der Waals surface area contributed by atoms with Gasteiger partial charge >= 0.3 is 0 Å². The van der Waals surface area contributed by atoms with Crippen LogP contribution in [0.3, 0.4) is 0 Å². The Hall–Kier alpha value is -4.00. The molecule has 1 N–H and O–H groups in total. The first kappa shape index (κ1) is 19.9. The maximum absolute atomic E-state index is 13.7. The summed E-state index contributed by atoms with van der Waals surface area (Å²) in [4.78, 5) is 32.4. The minimum atomic E-state index is -0.249. The largest absolute Gasteiger partial charge is 0.497 e. The molecule has 1 atom stereocenters. The van der Waals surface area contributed by atoms with Crippen molar-refractivity contribution in [2.24, 2.45) is 0 Å². The molecule has 4 aromatic rings. The van der Waals surface area contributed by atoms with E-state index in [1.165, 1.54) is 0 Å². The van der Waals surface area contributed by atoms with Crippen LogP contribution in [0.1, 0.15) is 34.3 Å². The summed E-state index contributed by atoms with van der Waals surface area (Å²) in [6, 6.07) is 13.4. The van der Waals surface area contributed by atoms with Gasteiger partial charge in [0.05, 0.1) is 24.2 Å². The predicted octanol–water partition coefficient (Wildman–Crippen LogP) is 4.48. The van der Waals surface area contributed by atoms with Gasteiger partial charge in [0, 0.05) is 30.6 Å². The average Bonchev–Trinajstić information content (AvgIpc) is 3.41. The number of aryl methyl sites for hydroxylation is 1. The van der Waals surface area contributed by atoms with Crippen molar-refractivity contribution in [2.75, 3.05) is 13.7 Å². The molecule has 1 saturated heterocycles. The van der Waals surface area contributed by atoms with Crippen molar-refractivity contribution in [1.82, 2.24) is 24.8 Å². The number of aromatic nitrogens is 4. The molecule has 0 radical (unpaired) electrons. The number of fused-ring (bicyclic) bond motifs is 1. The number of aromatic amines is 1. The number of methoxy groups -OCH3 is 1. The van der Waals surface area contributed by atoms with Crippen LogP contribution >= 0.6 is 0 Å². The van der Waals surface area contributed by atoms with Crippen LogP contribution in [-0.2, 0) is 0 Å². The lowest BCUT2D eigenvalue weighted by Crippen LogP contribution is -2.32. The summed E-state index contributed by atoms with van der Waals surface area (Å²) in [7, 11) is 1.63. The summed E-state index contributed by atoms with van der Waals surface area (Å²) in [5, 5.41) is 0. The van der Waals surface area contributed by atoms with Gasteiger partial charge < -0.3 is 14.6 Å². The summed E-state index contributed by atoms with van der Waals surface area (Å²) in [6.45, 7) is 6.61. The molecule has 7 heteroatoms. The van der Waals surface area contributed by atoms with E-state index in [1.807, 2.05) is 49.4 Å². The normalized spacial score (nSPS) is 16.0.